The standard InChI is InChI=1S/C19H23N5O/c1-20-16-11-17-18(21-12-16)23-19(22-15-7-9-25-10-8-15)24(17)13-14-5-3-2-4-6-14/h2-6,11-12,15,20H,7-10,13H2,1H3,(H,21,22,23). The summed E-state index contributed by atoms with van der Waals surface area (Å²) in [5.41, 5.74) is 4.03. The highest BCUT2D eigenvalue weighted by molar-refractivity contribution is 5.78. The summed E-state index contributed by atoms with van der Waals surface area (Å²) in [6.07, 6.45) is 3.83. The fourth-order valence-corrected chi connectivity index (χ4v) is 3.20. The molecular formula is C19H23N5O. The Morgan fingerprint density at radius 1 is 1.20 bits per heavy atom. The first kappa shape index (κ1) is 15.9. The van der Waals surface area contributed by atoms with Gasteiger partial charge in [-0.2, -0.15) is 4.98 Å². The van der Waals surface area contributed by atoms with Crippen LogP contribution in [0.25, 0.3) is 11.2 Å². The largest absolute Gasteiger partial charge is 0.387 e. The van der Waals surface area contributed by atoms with E-state index in [0.717, 1.165) is 55.4 Å². The molecule has 6 nitrogen and oxygen atoms in total. The molecule has 3 aromatic rings. The summed E-state index contributed by atoms with van der Waals surface area (Å²) in [5.74, 6) is 0.881. The molecule has 0 spiro atoms. The number of benzene rings is 1. The Balaban J connectivity index is 1.72. The van der Waals surface area contributed by atoms with E-state index in [9.17, 15) is 0 Å². The second kappa shape index (κ2) is 7.11. The number of rotatable bonds is 5. The molecule has 6 heteroatoms. The third-order valence-electron chi connectivity index (χ3n) is 4.63. The zero-order valence-electron chi connectivity index (χ0n) is 14.4. The number of aromatic nitrogens is 3. The Morgan fingerprint density at radius 2 is 2.00 bits per heavy atom. The van der Waals surface area contributed by atoms with Crippen LogP contribution < -0.4 is 10.6 Å². The monoisotopic (exact) mass is 337 g/mol. The Morgan fingerprint density at radius 3 is 2.76 bits per heavy atom. The van der Waals surface area contributed by atoms with Crippen molar-refractivity contribution in [1.82, 2.24) is 14.5 Å². The summed E-state index contributed by atoms with van der Waals surface area (Å²) in [7, 11) is 1.90. The van der Waals surface area contributed by atoms with Crippen LogP contribution in [-0.4, -0.2) is 40.8 Å². The molecule has 0 amide bonds. The minimum absolute atomic E-state index is 0.392. The molecule has 1 saturated heterocycles. The van der Waals surface area contributed by atoms with E-state index in [0.29, 0.717) is 6.04 Å². The highest BCUT2D eigenvalue weighted by atomic mass is 16.5. The topological polar surface area (TPSA) is 64.0 Å². The maximum Gasteiger partial charge on any atom is 0.205 e. The molecule has 1 aromatic carbocycles. The number of imidazole rings is 1. The highest BCUT2D eigenvalue weighted by Gasteiger charge is 2.18. The Kier molecular flexibility index (Phi) is 4.52. The van der Waals surface area contributed by atoms with E-state index in [2.05, 4.69) is 50.5 Å². The van der Waals surface area contributed by atoms with E-state index in [-0.39, 0.29) is 0 Å². The maximum atomic E-state index is 5.46. The van der Waals surface area contributed by atoms with Crippen molar-refractivity contribution in [2.75, 3.05) is 30.9 Å². The molecule has 25 heavy (non-hydrogen) atoms. The first-order chi connectivity index (χ1) is 12.3. The van der Waals surface area contributed by atoms with Crippen molar-refractivity contribution in [3.63, 3.8) is 0 Å². The minimum Gasteiger partial charge on any atom is -0.387 e. The van der Waals surface area contributed by atoms with Crippen molar-refractivity contribution in [3.8, 4) is 0 Å². The van der Waals surface area contributed by atoms with Gasteiger partial charge < -0.3 is 19.9 Å². The lowest BCUT2D eigenvalue weighted by Gasteiger charge is -2.24. The summed E-state index contributed by atoms with van der Waals surface area (Å²) < 4.78 is 7.68. The summed E-state index contributed by atoms with van der Waals surface area (Å²) in [6, 6.07) is 12.9. The highest BCUT2D eigenvalue weighted by Crippen LogP contribution is 2.24. The number of pyridine rings is 1. The van der Waals surface area contributed by atoms with Crippen LogP contribution in [0, 0.1) is 0 Å². The van der Waals surface area contributed by atoms with Crippen molar-refractivity contribution < 1.29 is 4.74 Å². The van der Waals surface area contributed by atoms with E-state index in [1.807, 2.05) is 19.3 Å². The van der Waals surface area contributed by atoms with Gasteiger partial charge >= 0.3 is 0 Å². The Hall–Kier alpha value is -2.60. The number of nitrogens with one attached hydrogen (secondary N) is 2. The van der Waals surface area contributed by atoms with E-state index in [4.69, 9.17) is 9.72 Å². The van der Waals surface area contributed by atoms with Crippen molar-refractivity contribution in [1.29, 1.82) is 0 Å². The van der Waals surface area contributed by atoms with E-state index < -0.39 is 0 Å². The average Bonchev–Trinajstić information content (AvgIpc) is 3.00. The van der Waals surface area contributed by atoms with Crippen molar-refractivity contribution in [2.24, 2.45) is 0 Å². The molecule has 0 atom stereocenters. The zero-order valence-corrected chi connectivity index (χ0v) is 14.4. The van der Waals surface area contributed by atoms with Gasteiger partial charge in [0.05, 0.1) is 23.9 Å². The number of hydrogen-bond donors (Lipinski definition) is 2. The van der Waals surface area contributed by atoms with Gasteiger partial charge in [0.1, 0.15) is 0 Å². The fourth-order valence-electron chi connectivity index (χ4n) is 3.20. The number of nitrogens with zero attached hydrogens (tertiary/aromatic N) is 3. The predicted octanol–water partition coefficient (Wildman–Crippen LogP) is 3.11. The molecule has 0 unspecified atom stereocenters. The molecule has 2 N–H and O–H groups in total. The second-order valence-electron chi connectivity index (χ2n) is 6.35. The molecule has 2 aromatic heterocycles. The SMILES string of the molecule is CNc1cnc2nc(NC3CCOCC3)n(Cc3ccccc3)c2c1. The molecular weight excluding hydrogens is 314 g/mol. The van der Waals surface area contributed by atoms with Gasteiger partial charge in [0.15, 0.2) is 5.65 Å². The van der Waals surface area contributed by atoms with Gasteiger partial charge in [-0.05, 0) is 24.5 Å². The number of fused-ring (bicyclic) bond motifs is 1. The molecule has 0 aliphatic carbocycles. The van der Waals surface area contributed by atoms with E-state index >= 15 is 0 Å². The van der Waals surface area contributed by atoms with Crippen LogP contribution in [0.1, 0.15) is 18.4 Å². The average molecular weight is 337 g/mol. The summed E-state index contributed by atoms with van der Waals surface area (Å²) >= 11 is 0. The van der Waals surface area contributed by atoms with Gasteiger partial charge in [0, 0.05) is 26.3 Å². The third kappa shape index (κ3) is 3.44. The molecule has 130 valence electrons. The van der Waals surface area contributed by atoms with E-state index in [1.165, 1.54) is 5.56 Å². The van der Waals surface area contributed by atoms with Crippen molar-refractivity contribution in [2.45, 2.75) is 25.4 Å². The van der Waals surface area contributed by atoms with Crippen LogP contribution in [-0.2, 0) is 11.3 Å². The van der Waals surface area contributed by atoms with Crippen LogP contribution in [0.3, 0.4) is 0 Å². The van der Waals surface area contributed by atoms with Crippen LogP contribution in [0.4, 0.5) is 11.6 Å². The van der Waals surface area contributed by atoms with Crippen molar-refractivity contribution in [3.05, 3.63) is 48.2 Å². The summed E-state index contributed by atoms with van der Waals surface area (Å²) in [4.78, 5) is 9.26. The smallest absolute Gasteiger partial charge is 0.205 e. The van der Waals surface area contributed by atoms with Gasteiger partial charge in [-0.25, -0.2) is 4.98 Å². The molecule has 1 aliphatic rings. The van der Waals surface area contributed by atoms with Crippen LogP contribution >= 0.6 is 0 Å². The van der Waals surface area contributed by atoms with Gasteiger partial charge in [0.25, 0.3) is 0 Å². The quantitative estimate of drug-likeness (QED) is 0.749. The summed E-state index contributed by atoms with van der Waals surface area (Å²) in [5, 5.41) is 6.77. The van der Waals surface area contributed by atoms with Crippen LogP contribution in [0.5, 0.6) is 0 Å². The van der Waals surface area contributed by atoms with Gasteiger partial charge in [-0.1, -0.05) is 30.3 Å². The molecule has 0 saturated carbocycles. The van der Waals surface area contributed by atoms with Gasteiger partial charge in [0.2, 0.25) is 5.95 Å². The number of anilines is 2. The lowest BCUT2D eigenvalue weighted by Crippen LogP contribution is -2.29. The van der Waals surface area contributed by atoms with Crippen LogP contribution in [0.15, 0.2) is 42.6 Å². The molecule has 4 rings (SSSR count). The lowest BCUT2D eigenvalue weighted by molar-refractivity contribution is 0.0902. The van der Waals surface area contributed by atoms with Gasteiger partial charge in [-0.15, -0.1) is 0 Å². The molecule has 0 bridgehead atoms. The number of ether oxygens (including phenoxy) is 1. The lowest BCUT2D eigenvalue weighted by atomic mass is 10.1. The molecule has 1 aliphatic heterocycles. The van der Waals surface area contributed by atoms with Crippen molar-refractivity contribution >= 4 is 22.8 Å². The maximum absolute atomic E-state index is 5.46. The predicted molar refractivity (Wildman–Crippen MR) is 100 cm³/mol. The van der Waals surface area contributed by atoms with Crippen LogP contribution in [0.2, 0.25) is 0 Å². The first-order valence-electron chi connectivity index (χ1n) is 8.76. The van der Waals surface area contributed by atoms with E-state index in [1.54, 1.807) is 0 Å². The number of hydrogen-bond acceptors (Lipinski definition) is 5. The molecule has 1 fully saturated rings. The second-order valence-corrected chi connectivity index (χ2v) is 6.35. The van der Waals surface area contributed by atoms with Gasteiger partial charge in [-0.3, -0.25) is 0 Å². The zero-order chi connectivity index (χ0) is 17.1. The molecule has 3 heterocycles. The third-order valence-corrected chi connectivity index (χ3v) is 4.63. The Labute approximate surface area is 147 Å². The fraction of sp³-hybridized carbons (Fsp3) is 0.368. The molecule has 0 radical (unpaired) electrons. The summed E-state index contributed by atoms with van der Waals surface area (Å²) in [6.45, 7) is 2.37. The first-order valence-corrected chi connectivity index (χ1v) is 8.76. The normalized spacial score (nSPS) is 15.4. The minimum atomic E-state index is 0.392. The Bertz CT molecular complexity index is 840.